The van der Waals surface area contributed by atoms with Crippen molar-refractivity contribution in [3.63, 3.8) is 0 Å². The second-order valence-electron chi connectivity index (χ2n) is 7.17. The number of amides is 1. The van der Waals surface area contributed by atoms with Gasteiger partial charge in [0.05, 0.1) is 31.9 Å². The number of methoxy groups -OCH3 is 2. The van der Waals surface area contributed by atoms with Gasteiger partial charge in [0, 0.05) is 50.8 Å². The van der Waals surface area contributed by atoms with Crippen molar-refractivity contribution >= 4 is 11.6 Å². The second kappa shape index (κ2) is 7.76. The molecule has 2 aliphatic rings. The molecule has 9 heteroatoms. The molecule has 1 N–H and O–H groups in total. The standard InChI is InChI=1S/C19H25N5O4/c1-23-5-4-20-10-16(23)18-21-19(28-22-18)12-6-17(25)24(11-12)13-7-14(26-2)9-15(8-13)27-3/h7-9,12,16,20H,4-6,10-11H2,1-3H3. The van der Waals surface area contributed by atoms with Crippen LogP contribution in [0.25, 0.3) is 0 Å². The van der Waals surface area contributed by atoms with Gasteiger partial charge < -0.3 is 24.2 Å². The van der Waals surface area contributed by atoms with E-state index in [1.165, 1.54) is 0 Å². The van der Waals surface area contributed by atoms with Crippen LogP contribution in [0.15, 0.2) is 22.7 Å². The van der Waals surface area contributed by atoms with E-state index in [-0.39, 0.29) is 17.9 Å². The Balaban J connectivity index is 1.52. The molecule has 0 spiro atoms. The van der Waals surface area contributed by atoms with E-state index in [9.17, 15) is 4.79 Å². The normalized spacial score (nSPS) is 23.2. The predicted molar refractivity (Wildman–Crippen MR) is 102 cm³/mol. The van der Waals surface area contributed by atoms with E-state index in [0.29, 0.717) is 36.2 Å². The molecule has 3 heterocycles. The average molecular weight is 387 g/mol. The second-order valence-corrected chi connectivity index (χ2v) is 7.17. The number of piperazine rings is 1. The number of likely N-dealkylation sites (N-methyl/N-ethyl adjacent to an activating group) is 1. The number of nitrogens with zero attached hydrogens (tertiary/aromatic N) is 4. The minimum atomic E-state index is -0.132. The summed E-state index contributed by atoms with van der Waals surface area (Å²) in [6.45, 7) is 3.15. The van der Waals surface area contributed by atoms with Crippen LogP contribution in [-0.4, -0.2) is 68.4 Å². The lowest BCUT2D eigenvalue weighted by molar-refractivity contribution is -0.117. The van der Waals surface area contributed by atoms with Crippen molar-refractivity contribution in [1.29, 1.82) is 0 Å². The molecular formula is C19H25N5O4. The quantitative estimate of drug-likeness (QED) is 0.818. The summed E-state index contributed by atoms with van der Waals surface area (Å²) in [5, 5.41) is 7.53. The molecule has 9 nitrogen and oxygen atoms in total. The van der Waals surface area contributed by atoms with Crippen LogP contribution in [-0.2, 0) is 4.79 Å². The highest BCUT2D eigenvalue weighted by molar-refractivity contribution is 5.96. The summed E-state index contributed by atoms with van der Waals surface area (Å²) < 4.78 is 16.2. The fraction of sp³-hybridized carbons (Fsp3) is 0.526. The van der Waals surface area contributed by atoms with Gasteiger partial charge >= 0.3 is 0 Å². The van der Waals surface area contributed by atoms with Gasteiger partial charge in [-0.25, -0.2) is 0 Å². The highest BCUT2D eigenvalue weighted by Gasteiger charge is 2.36. The summed E-state index contributed by atoms with van der Waals surface area (Å²) in [6, 6.07) is 5.51. The third kappa shape index (κ3) is 3.55. The molecule has 0 bridgehead atoms. The predicted octanol–water partition coefficient (Wildman–Crippen LogP) is 1.18. The first-order valence-corrected chi connectivity index (χ1v) is 9.37. The lowest BCUT2D eigenvalue weighted by Gasteiger charge is -2.30. The lowest BCUT2D eigenvalue weighted by atomic mass is 10.1. The average Bonchev–Trinajstić information content (AvgIpc) is 3.34. The van der Waals surface area contributed by atoms with Crippen molar-refractivity contribution in [3.8, 4) is 11.5 Å². The van der Waals surface area contributed by atoms with Gasteiger partial charge in [-0.1, -0.05) is 5.16 Å². The van der Waals surface area contributed by atoms with Crippen LogP contribution in [0.3, 0.4) is 0 Å². The van der Waals surface area contributed by atoms with Crippen molar-refractivity contribution in [2.24, 2.45) is 0 Å². The number of aromatic nitrogens is 2. The van der Waals surface area contributed by atoms with Gasteiger partial charge in [-0.15, -0.1) is 0 Å². The number of nitrogens with one attached hydrogen (secondary N) is 1. The van der Waals surface area contributed by atoms with Crippen molar-refractivity contribution in [3.05, 3.63) is 29.9 Å². The molecule has 150 valence electrons. The van der Waals surface area contributed by atoms with Crippen LogP contribution in [0.1, 0.15) is 30.1 Å². The Labute approximate surface area is 163 Å². The summed E-state index contributed by atoms with van der Waals surface area (Å²) in [5.74, 6) is 2.33. The Kier molecular flexibility index (Phi) is 5.19. The summed E-state index contributed by atoms with van der Waals surface area (Å²) in [7, 11) is 5.23. The number of rotatable bonds is 5. The van der Waals surface area contributed by atoms with Crippen molar-refractivity contribution < 1.29 is 18.8 Å². The number of benzene rings is 1. The highest BCUT2D eigenvalue weighted by atomic mass is 16.5. The Bertz CT molecular complexity index is 832. The lowest BCUT2D eigenvalue weighted by Crippen LogP contribution is -2.44. The number of anilines is 1. The van der Waals surface area contributed by atoms with Crippen molar-refractivity contribution in [2.45, 2.75) is 18.4 Å². The fourth-order valence-electron chi connectivity index (χ4n) is 3.71. The van der Waals surface area contributed by atoms with Gasteiger partial charge in [0.1, 0.15) is 11.5 Å². The Morgan fingerprint density at radius 1 is 1.21 bits per heavy atom. The first-order chi connectivity index (χ1) is 13.6. The molecular weight excluding hydrogens is 362 g/mol. The number of hydrogen-bond donors (Lipinski definition) is 1. The first-order valence-electron chi connectivity index (χ1n) is 9.37. The van der Waals surface area contributed by atoms with E-state index >= 15 is 0 Å². The molecule has 0 aliphatic carbocycles. The molecule has 2 fully saturated rings. The summed E-state index contributed by atoms with van der Waals surface area (Å²) >= 11 is 0. The molecule has 1 aromatic carbocycles. The van der Waals surface area contributed by atoms with Gasteiger partial charge in [-0.05, 0) is 7.05 Å². The van der Waals surface area contributed by atoms with E-state index in [2.05, 4.69) is 27.4 Å². The molecule has 0 radical (unpaired) electrons. The number of carbonyl (C=O) groups excluding carboxylic acids is 1. The van der Waals surface area contributed by atoms with Gasteiger partial charge in [-0.3, -0.25) is 9.69 Å². The Hall–Kier alpha value is -2.65. The van der Waals surface area contributed by atoms with E-state index in [1.54, 1.807) is 25.2 Å². The third-order valence-corrected chi connectivity index (χ3v) is 5.39. The molecule has 2 unspecified atom stereocenters. The van der Waals surface area contributed by atoms with Crippen molar-refractivity contribution in [1.82, 2.24) is 20.4 Å². The molecule has 0 saturated carbocycles. The van der Waals surface area contributed by atoms with Gasteiger partial charge in [-0.2, -0.15) is 4.98 Å². The SMILES string of the molecule is COc1cc(OC)cc(N2CC(c3nc(C4CNCCN4C)no3)CC2=O)c1. The first kappa shape index (κ1) is 18.7. The summed E-state index contributed by atoms with van der Waals surface area (Å²) in [5.41, 5.74) is 0.736. The smallest absolute Gasteiger partial charge is 0.232 e. The van der Waals surface area contributed by atoms with Crippen LogP contribution in [0.2, 0.25) is 0 Å². The van der Waals surface area contributed by atoms with E-state index in [1.807, 2.05) is 12.1 Å². The van der Waals surface area contributed by atoms with Crippen LogP contribution in [0, 0.1) is 0 Å². The number of ether oxygens (including phenoxy) is 2. The molecule has 2 saturated heterocycles. The highest BCUT2D eigenvalue weighted by Crippen LogP contribution is 2.35. The zero-order valence-electron chi connectivity index (χ0n) is 16.3. The van der Waals surface area contributed by atoms with E-state index in [4.69, 9.17) is 14.0 Å². The number of carbonyl (C=O) groups is 1. The topological polar surface area (TPSA) is 93.0 Å². The fourth-order valence-corrected chi connectivity index (χ4v) is 3.71. The van der Waals surface area contributed by atoms with Crippen LogP contribution in [0.5, 0.6) is 11.5 Å². The van der Waals surface area contributed by atoms with Crippen LogP contribution >= 0.6 is 0 Å². The van der Waals surface area contributed by atoms with Gasteiger partial charge in [0.15, 0.2) is 5.82 Å². The molecule has 1 amide bonds. The Morgan fingerprint density at radius 3 is 2.64 bits per heavy atom. The van der Waals surface area contributed by atoms with Crippen LogP contribution < -0.4 is 19.7 Å². The molecule has 2 atom stereocenters. The monoisotopic (exact) mass is 387 g/mol. The molecule has 4 rings (SSSR count). The maximum atomic E-state index is 12.7. The maximum Gasteiger partial charge on any atom is 0.232 e. The minimum absolute atomic E-state index is 0.0107. The molecule has 1 aromatic heterocycles. The largest absolute Gasteiger partial charge is 0.497 e. The van der Waals surface area contributed by atoms with E-state index in [0.717, 1.165) is 25.3 Å². The summed E-state index contributed by atoms with van der Waals surface area (Å²) in [6.07, 6.45) is 0.333. The summed E-state index contributed by atoms with van der Waals surface area (Å²) in [4.78, 5) is 21.2. The van der Waals surface area contributed by atoms with E-state index < -0.39 is 0 Å². The third-order valence-electron chi connectivity index (χ3n) is 5.39. The zero-order valence-corrected chi connectivity index (χ0v) is 16.3. The Morgan fingerprint density at radius 2 is 1.96 bits per heavy atom. The number of hydrogen-bond acceptors (Lipinski definition) is 8. The van der Waals surface area contributed by atoms with Gasteiger partial charge in [0.25, 0.3) is 0 Å². The van der Waals surface area contributed by atoms with Crippen molar-refractivity contribution in [2.75, 3.05) is 52.3 Å². The molecule has 28 heavy (non-hydrogen) atoms. The maximum absolute atomic E-state index is 12.7. The molecule has 2 aromatic rings. The minimum Gasteiger partial charge on any atom is -0.497 e. The van der Waals surface area contributed by atoms with Crippen LogP contribution in [0.4, 0.5) is 5.69 Å². The van der Waals surface area contributed by atoms with Gasteiger partial charge in [0.2, 0.25) is 11.8 Å². The molecule has 2 aliphatic heterocycles. The zero-order chi connectivity index (χ0) is 19.7.